The van der Waals surface area contributed by atoms with E-state index in [2.05, 4.69) is 0 Å². The fraction of sp³-hybridized carbons (Fsp3) is 0.143. The summed E-state index contributed by atoms with van der Waals surface area (Å²) in [6, 6.07) is 7.21. The molecule has 2 nitrogen and oxygen atoms in total. The van der Waals surface area contributed by atoms with Gasteiger partial charge in [-0.05, 0) is 21.8 Å². The Morgan fingerprint density at radius 3 is 2.25 bits per heavy atom. The van der Waals surface area contributed by atoms with Gasteiger partial charge in [0.05, 0.1) is 6.61 Å². The Labute approximate surface area is 85.8 Å². The van der Waals surface area contributed by atoms with Gasteiger partial charge in [0, 0.05) is 28.6 Å². The minimum Gasteiger partial charge on any atom is -0.264 e. The number of benzene rings is 1. The Kier molecular flexibility index (Phi) is 4.12. The molecule has 0 saturated carbocycles. The maximum absolute atomic E-state index is 5.67. The van der Waals surface area contributed by atoms with Crippen LogP contribution in [0.3, 0.4) is 0 Å². The summed E-state index contributed by atoms with van der Waals surface area (Å²) in [5, 5.41) is 0.687. The number of hydrogen-bond acceptors (Lipinski definition) is 2. The van der Waals surface area contributed by atoms with E-state index in [1.54, 1.807) is 12.1 Å². The molecule has 0 bridgehead atoms. The average molecular weight is 226 g/mol. The largest absolute Gasteiger partial charge is 0.264 e. The molecule has 0 atom stereocenters. The van der Waals surface area contributed by atoms with E-state index in [0.717, 1.165) is 5.56 Å². The molecule has 0 unspecified atom stereocenters. The number of nitrogens with zero attached hydrogens (tertiary/aromatic N) is 1. The maximum atomic E-state index is 5.67. The van der Waals surface area contributed by atoms with Crippen molar-refractivity contribution in [2.45, 2.75) is 6.61 Å². The summed E-state index contributed by atoms with van der Waals surface area (Å²) in [6.45, 7) is 0.324. The summed E-state index contributed by atoms with van der Waals surface area (Å²) in [6.07, 6.45) is 0. The normalized spacial score (nSPS) is 10.7. The van der Waals surface area contributed by atoms with E-state index in [1.807, 2.05) is 12.1 Å². The molecule has 0 heterocycles. The van der Waals surface area contributed by atoms with E-state index >= 15 is 0 Å². The predicted molar refractivity (Wildman–Crippen MR) is 49.8 cm³/mol. The smallest absolute Gasteiger partial charge is 0.0966 e. The van der Waals surface area contributed by atoms with Crippen LogP contribution in [-0.2, 0) is 11.4 Å². The Morgan fingerprint density at radius 2 is 1.75 bits per heavy atom. The van der Waals surface area contributed by atoms with Crippen molar-refractivity contribution in [3.8, 4) is 0 Å². The molecule has 0 fully saturated rings. The summed E-state index contributed by atoms with van der Waals surface area (Å²) in [4.78, 5) is 4.79. The van der Waals surface area contributed by atoms with Crippen LogP contribution in [0.1, 0.15) is 5.56 Å². The van der Waals surface area contributed by atoms with Gasteiger partial charge in [0.15, 0.2) is 0 Å². The van der Waals surface area contributed by atoms with Gasteiger partial charge < -0.3 is 0 Å². The van der Waals surface area contributed by atoms with Crippen LogP contribution in [0.25, 0.3) is 0 Å². The lowest BCUT2D eigenvalue weighted by Crippen LogP contribution is -1.99. The van der Waals surface area contributed by atoms with E-state index in [-0.39, 0.29) is 0 Å². The van der Waals surface area contributed by atoms with Crippen molar-refractivity contribution >= 4 is 35.2 Å². The van der Waals surface area contributed by atoms with Crippen molar-refractivity contribution < 1.29 is 4.84 Å². The van der Waals surface area contributed by atoms with Gasteiger partial charge in [-0.1, -0.05) is 23.7 Å². The highest BCUT2D eigenvalue weighted by atomic mass is 35.5. The lowest BCUT2D eigenvalue weighted by molar-refractivity contribution is -0.0259. The molecular formula is C7H6Cl3NO. The van der Waals surface area contributed by atoms with Crippen molar-refractivity contribution in [3.63, 3.8) is 0 Å². The second-order valence-corrected chi connectivity index (χ2v) is 3.33. The molecule has 1 rings (SSSR count). The number of hydrogen-bond donors (Lipinski definition) is 0. The van der Waals surface area contributed by atoms with Crippen molar-refractivity contribution in [2.24, 2.45) is 0 Å². The van der Waals surface area contributed by atoms with Gasteiger partial charge >= 0.3 is 0 Å². The second-order valence-electron chi connectivity index (χ2n) is 2.10. The van der Waals surface area contributed by atoms with E-state index in [4.69, 9.17) is 40.0 Å². The van der Waals surface area contributed by atoms with Crippen molar-refractivity contribution in [1.29, 1.82) is 0 Å². The molecule has 0 aliphatic heterocycles. The van der Waals surface area contributed by atoms with Crippen LogP contribution >= 0.6 is 35.2 Å². The Morgan fingerprint density at radius 1 is 1.17 bits per heavy atom. The molecule has 0 amide bonds. The average Bonchev–Trinajstić information content (AvgIpc) is 2.03. The summed E-state index contributed by atoms with van der Waals surface area (Å²) in [7, 11) is 0. The zero-order valence-electron chi connectivity index (χ0n) is 6.01. The number of rotatable bonds is 3. The van der Waals surface area contributed by atoms with Crippen molar-refractivity contribution in [2.75, 3.05) is 0 Å². The van der Waals surface area contributed by atoms with Gasteiger partial charge in [-0.3, -0.25) is 4.84 Å². The van der Waals surface area contributed by atoms with Crippen LogP contribution in [0.4, 0.5) is 0 Å². The van der Waals surface area contributed by atoms with Gasteiger partial charge in [0.2, 0.25) is 0 Å². The second kappa shape index (κ2) is 4.90. The van der Waals surface area contributed by atoms with Gasteiger partial charge in [-0.25, -0.2) is 0 Å². The third kappa shape index (κ3) is 3.61. The standard InChI is InChI=1S/C7H6Cl3NO/c8-7-3-1-6(2-4-7)5-12-11(9)10/h1-4H,5H2. The molecule has 12 heavy (non-hydrogen) atoms. The highest BCUT2D eigenvalue weighted by Crippen LogP contribution is 2.11. The third-order valence-electron chi connectivity index (χ3n) is 1.24. The summed E-state index contributed by atoms with van der Waals surface area (Å²) in [5.41, 5.74) is 0.950. The molecule has 0 N–H and O–H groups in total. The Bertz CT molecular complexity index is 237. The maximum Gasteiger partial charge on any atom is 0.0966 e. The molecule has 0 saturated heterocycles. The summed E-state index contributed by atoms with van der Waals surface area (Å²) >= 11 is 16.1. The third-order valence-corrected chi connectivity index (χ3v) is 1.69. The molecule has 0 aliphatic rings. The quantitative estimate of drug-likeness (QED) is 0.579. The summed E-state index contributed by atoms with van der Waals surface area (Å²) in [5.74, 6) is 0. The van der Waals surface area contributed by atoms with Crippen molar-refractivity contribution in [3.05, 3.63) is 34.9 Å². The van der Waals surface area contributed by atoms with Crippen LogP contribution in [-0.4, -0.2) is 4.10 Å². The first kappa shape index (κ1) is 10.1. The molecule has 66 valence electrons. The molecule has 0 spiro atoms. The van der Waals surface area contributed by atoms with Gasteiger partial charge in [0.25, 0.3) is 0 Å². The number of halogens is 3. The molecule has 1 aromatic rings. The topological polar surface area (TPSA) is 12.5 Å². The molecule has 0 radical (unpaired) electrons. The first-order valence-electron chi connectivity index (χ1n) is 3.17. The minimum atomic E-state index is 0.324. The van der Waals surface area contributed by atoms with Gasteiger partial charge in [0.1, 0.15) is 0 Å². The Balaban J connectivity index is 2.48. The predicted octanol–water partition coefficient (Wildman–Crippen LogP) is 3.38. The monoisotopic (exact) mass is 225 g/mol. The zero-order chi connectivity index (χ0) is 8.97. The zero-order valence-corrected chi connectivity index (χ0v) is 8.27. The summed E-state index contributed by atoms with van der Waals surface area (Å²) < 4.78 is 0.620. The Hall–Kier alpha value is 0.01000. The molecule has 1 aromatic carbocycles. The molecule has 0 aromatic heterocycles. The van der Waals surface area contributed by atoms with E-state index < -0.39 is 0 Å². The van der Waals surface area contributed by atoms with Gasteiger partial charge in [-0.2, -0.15) is 0 Å². The van der Waals surface area contributed by atoms with Crippen LogP contribution in [0.5, 0.6) is 0 Å². The van der Waals surface area contributed by atoms with E-state index in [9.17, 15) is 0 Å². The van der Waals surface area contributed by atoms with Crippen molar-refractivity contribution in [1.82, 2.24) is 4.10 Å². The van der Waals surface area contributed by atoms with Crippen LogP contribution in [0.15, 0.2) is 24.3 Å². The fourth-order valence-corrected chi connectivity index (χ4v) is 0.928. The van der Waals surface area contributed by atoms with E-state index in [0.29, 0.717) is 15.7 Å². The van der Waals surface area contributed by atoms with Crippen LogP contribution in [0, 0.1) is 0 Å². The molecule has 5 heteroatoms. The highest BCUT2D eigenvalue weighted by molar-refractivity contribution is 6.32. The minimum absolute atomic E-state index is 0.324. The first-order valence-corrected chi connectivity index (χ1v) is 4.23. The van der Waals surface area contributed by atoms with Crippen LogP contribution in [0.2, 0.25) is 5.02 Å². The first-order chi connectivity index (χ1) is 5.68. The van der Waals surface area contributed by atoms with E-state index in [1.165, 1.54) is 0 Å². The molecule has 0 aliphatic carbocycles. The SMILES string of the molecule is Clc1ccc(CON(Cl)Cl)cc1. The molecular weight excluding hydrogens is 220 g/mol. The lowest BCUT2D eigenvalue weighted by atomic mass is 10.2. The van der Waals surface area contributed by atoms with Crippen LogP contribution < -0.4 is 0 Å². The highest BCUT2D eigenvalue weighted by Gasteiger charge is 1.96. The fourth-order valence-electron chi connectivity index (χ4n) is 0.704. The lowest BCUT2D eigenvalue weighted by Gasteiger charge is -2.04. The van der Waals surface area contributed by atoms with Gasteiger partial charge in [-0.15, -0.1) is 0 Å².